The third-order valence-corrected chi connectivity index (χ3v) is 4.75. The number of ether oxygens (including phenoxy) is 1. The van der Waals surface area contributed by atoms with E-state index in [1.54, 1.807) is 32.9 Å². The number of rotatable bonds is 11. The molecule has 4 amide bonds. The van der Waals surface area contributed by atoms with Crippen LogP contribution < -0.4 is 16.4 Å². The Kier molecular flexibility index (Phi) is 10.8. The summed E-state index contributed by atoms with van der Waals surface area (Å²) in [7, 11) is 0. The average molecular weight is 475 g/mol. The van der Waals surface area contributed by atoms with Crippen molar-refractivity contribution in [2.24, 2.45) is 5.73 Å². The van der Waals surface area contributed by atoms with E-state index in [1.807, 2.05) is 32.9 Å². The number of primary amides is 1. The summed E-state index contributed by atoms with van der Waals surface area (Å²) >= 11 is 0. The van der Waals surface area contributed by atoms with Gasteiger partial charge in [0.1, 0.15) is 17.7 Å². The van der Waals surface area contributed by atoms with Gasteiger partial charge < -0.3 is 26.0 Å². The van der Waals surface area contributed by atoms with Crippen LogP contribution in [0, 0.1) is 6.92 Å². The lowest BCUT2D eigenvalue weighted by Gasteiger charge is -2.34. The van der Waals surface area contributed by atoms with Crippen LogP contribution in [0.25, 0.3) is 0 Å². The van der Waals surface area contributed by atoms with Crippen molar-refractivity contribution in [3.8, 4) is 0 Å². The van der Waals surface area contributed by atoms with Gasteiger partial charge in [-0.1, -0.05) is 30.3 Å². The molecule has 9 nitrogen and oxygen atoms in total. The lowest BCUT2D eigenvalue weighted by Crippen LogP contribution is -2.53. The highest BCUT2D eigenvalue weighted by molar-refractivity contribution is 5.92. The van der Waals surface area contributed by atoms with Crippen LogP contribution in [0.3, 0.4) is 0 Å². The molecule has 0 spiro atoms. The third-order valence-electron chi connectivity index (χ3n) is 4.75. The molecule has 4 N–H and O–H groups in total. The Morgan fingerprint density at radius 3 is 2.26 bits per heavy atom. The average Bonchev–Trinajstić information content (AvgIpc) is 2.69. The molecule has 188 valence electrons. The zero-order valence-electron chi connectivity index (χ0n) is 21.0. The number of nitrogens with zero attached hydrogens (tertiary/aromatic N) is 1. The van der Waals surface area contributed by atoms with Gasteiger partial charge in [-0.25, -0.2) is 4.79 Å². The van der Waals surface area contributed by atoms with Crippen molar-refractivity contribution in [2.75, 3.05) is 6.54 Å². The van der Waals surface area contributed by atoms with E-state index in [0.717, 1.165) is 5.56 Å². The monoisotopic (exact) mass is 474 g/mol. The summed E-state index contributed by atoms with van der Waals surface area (Å²) in [5.74, 6) is -1.54. The predicted molar refractivity (Wildman–Crippen MR) is 131 cm³/mol. The van der Waals surface area contributed by atoms with E-state index < -0.39 is 35.6 Å². The maximum Gasteiger partial charge on any atom is 0.408 e. The highest BCUT2D eigenvalue weighted by Gasteiger charge is 2.36. The molecule has 0 heterocycles. The number of alkyl carbamates (subject to hydrolysis) is 1. The largest absolute Gasteiger partial charge is 0.444 e. The maximum atomic E-state index is 13.7. The fraction of sp³-hybridized carbons (Fsp3) is 0.520. The van der Waals surface area contributed by atoms with E-state index in [9.17, 15) is 19.2 Å². The van der Waals surface area contributed by atoms with Crippen LogP contribution in [-0.2, 0) is 19.1 Å². The predicted octanol–water partition coefficient (Wildman–Crippen LogP) is 2.73. The highest BCUT2D eigenvalue weighted by atomic mass is 16.6. The number of hydrogen-bond acceptors (Lipinski definition) is 5. The summed E-state index contributed by atoms with van der Waals surface area (Å²) in [4.78, 5) is 52.3. The second-order valence-electron chi connectivity index (χ2n) is 9.41. The molecule has 1 aromatic carbocycles. The Morgan fingerprint density at radius 1 is 1.15 bits per heavy atom. The summed E-state index contributed by atoms with van der Waals surface area (Å²) in [6.45, 7) is 14.4. The zero-order valence-corrected chi connectivity index (χ0v) is 21.0. The van der Waals surface area contributed by atoms with Gasteiger partial charge in [0.25, 0.3) is 0 Å². The smallest absolute Gasteiger partial charge is 0.408 e. The second-order valence-corrected chi connectivity index (χ2v) is 9.41. The van der Waals surface area contributed by atoms with Crippen molar-refractivity contribution in [3.05, 3.63) is 48.0 Å². The normalized spacial score (nSPS) is 12.9. The molecular weight excluding hydrogens is 436 g/mol. The van der Waals surface area contributed by atoms with E-state index >= 15 is 0 Å². The third kappa shape index (κ3) is 9.25. The SMILES string of the molecule is C=CCN(C(=O)C(CCC(N)=O)NC(=O)OC(C)(C)C)C(C(=O)NC(C)C)c1ccccc1C. The summed E-state index contributed by atoms with van der Waals surface area (Å²) in [5.41, 5.74) is 5.97. The molecule has 0 saturated heterocycles. The molecule has 0 aliphatic heterocycles. The summed E-state index contributed by atoms with van der Waals surface area (Å²) in [6, 6.07) is 4.98. The van der Waals surface area contributed by atoms with Crippen LogP contribution in [-0.4, -0.2) is 52.9 Å². The van der Waals surface area contributed by atoms with E-state index in [4.69, 9.17) is 10.5 Å². The van der Waals surface area contributed by atoms with Crippen LogP contribution in [0.15, 0.2) is 36.9 Å². The quantitative estimate of drug-likeness (QED) is 0.425. The van der Waals surface area contributed by atoms with Gasteiger partial charge in [0.15, 0.2) is 0 Å². The van der Waals surface area contributed by atoms with Gasteiger partial charge in [-0.3, -0.25) is 14.4 Å². The Hall–Kier alpha value is -3.36. The van der Waals surface area contributed by atoms with Gasteiger partial charge in [0, 0.05) is 19.0 Å². The first kappa shape index (κ1) is 28.7. The van der Waals surface area contributed by atoms with E-state index in [1.165, 1.54) is 11.0 Å². The molecule has 2 unspecified atom stereocenters. The van der Waals surface area contributed by atoms with E-state index in [0.29, 0.717) is 5.56 Å². The molecular formula is C25H38N4O5. The summed E-state index contributed by atoms with van der Waals surface area (Å²) in [6.07, 6.45) is 0.507. The summed E-state index contributed by atoms with van der Waals surface area (Å²) in [5, 5.41) is 5.41. The van der Waals surface area contributed by atoms with Crippen molar-refractivity contribution in [1.82, 2.24) is 15.5 Å². The molecule has 34 heavy (non-hydrogen) atoms. The Morgan fingerprint density at radius 2 is 1.76 bits per heavy atom. The minimum atomic E-state index is -1.14. The van der Waals surface area contributed by atoms with Gasteiger partial charge in [-0.05, 0) is 59.1 Å². The number of carbonyl (C=O) groups is 4. The fourth-order valence-electron chi connectivity index (χ4n) is 3.36. The van der Waals surface area contributed by atoms with Gasteiger partial charge in [-0.15, -0.1) is 6.58 Å². The van der Waals surface area contributed by atoms with Crippen molar-refractivity contribution in [2.45, 2.75) is 78.1 Å². The van der Waals surface area contributed by atoms with E-state index in [2.05, 4.69) is 17.2 Å². The Labute approximate surface area is 202 Å². The van der Waals surface area contributed by atoms with Crippen molar-refractivity contribution < 1.29 is 23.9 Å². The number of carbonyl (C=O) groups excluding carboxylic acids is 4. The number of benzene rings is 1. The zero-order chi connectivity index (χ0) is 26.1. The van der Waals surface area contributed by atoms with Gasteiger partial charge in [0.05, 0.1) is 0 Å². The van der Waals surface area contributed by atoms with Gasteiger partial charge in [-0.2, -0.15) is 0 Å². The van der Waals surface area contributed by atoms with Crippen LogP contribution >= 0.6 is 0 Å². The maximum absolute atomic E-state index is 13.7. The van der Waals surface area contributed by atoms with Crippen LogP contribution in [0.5, 0.6) is 0 Å². The van der Waals surface area contributed by atoms with E-state index in [-0.39, 0.29) is 31.3 Å². The first-order chi connectivity index (χ1) is 15.8. The molecule has 0 fully saturated rings. The molecule has 0 saturated carbocycles. The first-order valence-electron chi connectivity index (χ1n) is 11.3. The van der Waals surface area contributed by atoms with Crippen LogP contribution in [0.2, 0.25) is 0 Å². The fourth-order valence-corrected chi connectivity index (χ4v) is 3.36. The standard InChI is InChI=1S/C25H38N4O5/c1-8-15-29(21(22(31)27-16(2)3)18-12-10-9-11-17(18)4)23(32)19(13-14-20(26)30)28-24(33)34-25(5,6)7/h8-12,16,19,21H,1,13-15H2,2-7H3,(H2,26,30)(H,27,31)(H,28,33). The van der Waals surface area contributed by atoms with Crippen LogP contribution in [0.1, 0.15) is 64.6 Å². The lowest BCUT2D eigenvalue weighted by molar-refractivity contribution is -0.142. The molecule has 9 heteroatoms. The minimum Gasteiger partial charge on any atom is -0.444 e. The van der Waals surface area contributed by atoms with Crippen molar-refractivity contribution in [3.63, 3.8) is 0 Å². The number of amides is 4. The number of nitrogens with one attached hydrogen (secondary N) is 2. The lowest BCUT2D eigenvalue weighted by atomic mass is 9.97. The molecule has 0 radical (unpaired) electrons. The molecule has 0 bridgehead atoms. The number of hydrogen-bond donors (Lipinski definition) is 3. The number of nitrogens with two attached hydrogens (primary N) is 1. The van der Waals surface area contributed by atoms with Gasteiger partial charge in [0.2, 0.25) is 17.7 Å². The highest BCUT2D eigenvalue weighted by Crippen LogP contribution is 2.26. The number of aryl methyl sites for hydroxylation is 1. The molecule has 1 aromatic rings. The topological polar surface area (TPSA) is 131 Å². The Bertz CT molecular complexity index is 892. The molecule has 2 atom stereocenters. The summed E-state index contributed by atoms with van der Waals surface area (Å²) < 4.78 is 5.29. The second kappa shape index (κ2) is 12.8. The van der Waals surface area contributed by atoms with Crippen molar-refractivity contribution >= 4 is 23.8 Å². The first-order valence-corrected chi connectivity index (χ1v) is 11.3. The van der Waals surface area contributed by atoms with Crippen molar-refractivity contribution in [1.29, 1.82) is 0 Å². The minimum absolute atomic E-state index is 0.0341. The molecule has 1 rings (SSSR count). The Balaban J connectivity index is 3.45. The van der Waals surface area contributed by atoms with Gasteiger partial charge >= 0.3 is 6.09 Å². The molecule has 0 aliphatic rings. The van der Waals surface area contributed by atoms with Crippen LogP contribution in [0.4, 0.5) is 4.79 Å². The molecule has 0 aliphatic carbocycles. The molecule has 0 aromatic heterocycles.